The molecule has 33 heavy (non-hydrogen) atoms. The summed E-state index contributed by atoms with van der Waals surface area (Å²) in [5.41, 5.74) is 0.609. The van der Waals surface area contributed by atoms with Gasteiger partial charge in [0.25, 0.3) is 0 Å². The lowest BCUT2D eigenvalue weighted by molar-refractivity contribution is -0.161. The van der Waals surface area contributed by atoms with Gasteiger partial charge in [0, 0.05) is 25.6 Å². The third-order valence-electron chi connectivity index (χ3n) is 6.59. The lowest BCUT2D eigenvalue weighted by atomic mass is 9.85. The van der Waals surface area contributed by atoms with E-state index in [0.717, 1.165) is 24.8 Å². The summed E-state index contributed by atoms with van der Waals surface area (Å²) in [5, 5.41) is 3.27. The summed E-state index contributed by atoms with van der Waals surface area (Å²) in [4.78, 5) is 27.9. The van der Waals surface area contributed by atoms with E-state index in [-0.39, 0.29) is 35.9 Å². The summed E-state index contributed by atoms with van der Waals surface area (Å²) in [6.45, 7) is 14.4. The maximum Gasteiger partial charge on any atom is 0.323 e. The van der Waals surface area contributed by atoms with Crippen LogP contribution < -0.4 is 5.32 Å². The van der Waals surface area contributed by atoms with Crippen LogP contribution >= 0.6 is 0 Å². The van der Waals surface area contributed by atoms with Gasteiger partial charge in [0.05, 0.1) is 0 Å². The highest BCUT2D eigenvalue weighted by atomic mass is 16.6. The van der Waals surface area contributed by atoms with Gasteiger partial charge in [0.1, 0.15) is 11.6 Å². The molecule has 1 aliphatic heterocycles. The molecule has 1 aliphatic rings. The Morgan fingerprint density at radius 1 is 1.18 bits per heavy atom. The molecule has 5 nitrogen and oxygen atoms in total. The molecule has 1 heterocycles. The average Bonchev–Trinajstić information content (AvgIpc) is 3.08. The SMILES string of the molecule is CC=C[C@@H]1C[C@@H](C(=O)OC(C)(C)C)N(Cc2ccccc2)[C@H]1[C@H](CC(CC)CC)NC(C)=O. The summed E-state index contributed by atoms with van der Waals surface area (Å²) in [5.74, 6) is 0.472. The van der Waals surface area contributed by atoms with Gasteiger partial charge < -0.3 is 10.1 Å². The molecular formula is C28H44N2O3. The number of carbonyl (C=O) groups is 2. The van der Waals surface area contributed by atoms with Crippen molar-refractivity contribution < 1.29 is 14.3 Å². The summed E-state index contributed by atoms with van der Waals surface area (Å²) in [6, 6.07) is 9.89. The van der Waals surface area contributed by atoms with Crippen LogP contribution in [0.5, 0.6) is 0 Å². The molecule has 0 radical (unpaired) electrons. The molecule has 0 aliphatic carbocycles. The van der Waals surface area contributed by atoms with Crippen molar-refractivity contribution in [3.63, 3.8) is 0 Å². The molecule has 0 bridgehead atoms. The van der Waals surface area contributed by atoms with Crippen molar-refractivity contribution in [1.82, 2.24) is 10.2 Å². The van der Waals surface area contributed by atoms with E-state index in [9.17, 15) is 9.59 Å². The van der Waals surface area contributed by atoms with Crippen molar-refractivity contribution in [3.05, 3.63) is 48.0 Å². The van der Waals surface area contributed by atoms with Crippen LogP contribution in [0, 0.1) is 11.8 Å². The third-order valence-corrected chi connectivity index (χ3v) is 6.59. The van der Waals surface area contributed by atoms with Gasteiger partial charge in [-0.3, -0.25) is 14.5 Å². The Bertz CT molecular complexity index is 780. The maximum absolute atomic E-state index is 13.4. The first-order chi connectivity index (χ1) is 15.6. The molecular weight excluding hydrogens is 412 g/mol. The monoisotopic (exact) mass is 456 g/mol. The van der Waals surface area contributed by atoms with E-state index in [1.807, 2.05) is 45.9 Å². The first-order valence-electron chi connectivity index (χ1n) is 12.5. The first kappa shape index (κ1) is 27.1. The Kier molecular flexibility index (Phi) is 10.2. The van der Waals surface area contributed by atoms with E-state index in [0.29, 0.717) is 18.9 Å². The number of benzene rings is 1. The Labute approximate surface area is 201 Å². The second-order valence-corrected chi connectivity index (χ2v) is 10.3. The molecule has 1 aromatic rings. The third kappa shape index (κ3) is 7.99. The fourth-order valence-electron chi connectivity index (χ4n) is 5.09. The predicted octanol–water partition coefficient (Wildman–Crippen LogP) is 5.49. The van der Waals surface area contributed by atoms with Gasteiger partial charge in [-0.05, 0) is 57.9 Å². The summed E-state index contributed by atoms with van der Waals surface area (Å²) in [7, 11) is 0. The molecule has 0 saturated carbocycles. The maximum atomic E-state index is 13.4. The van der Waals surface area contributed by atoms with Crippen LogP contribution in [0.3, 0.4) is 0 Å². The molecule has 1 saturated heterocycles. The van der Waals surface area contributed by atoms with Crippen LogP contribution in [0.15, 0.2) is 42.5 Å². The van der Waals surface area contributed by atoms with E-state index in [1.54, 1.807) is 6.92 Å². The normalized spacial score (nSPS) is 22.6. The Hall–Kier alpha value is -2.14. The van der Waals surface area contributed by atoms with Crippen molar-refractivity contribution in [2.45, 2.75) is 104 Å². The van der Waals surface area contributed by atoms with Gasteiger partial charge in [0.2, 0.25) is 5.91 Å². The van der Waals surface area contributed by atoms with Crippen molar-refractivity contribution in [1.29, 1.82) is 0 Å². The number of likely N-dealkylation sites (tertiary alicyclic amines) is 1. The van der Waals surface area contributed by atoms with E-state index < -0.39 is 5.60 Å². The number of nitrogens with one attached hydrogen (secondary N) is 1. The van der Waals surface area contributed by atoms with Crippen LogP contribution in [-0.2, 0) is 20.9 Å². The molecule has 0 aromatic heterocycles. The van der Waals surface area contributed by atoms with Crippen LogP contribution in [0.4, 0.5) is 0 Å². The molecule has 0 unspecified atom stereocenters. The highest BCUT2D eigenvalue weighted by Gasteiger charge is 2.48. The fourth-order valence-corrected chi connectivity index (χ4v) is 5.09. The van der Waals surface area contributed by atoms with Gasteiger partial charge in [0.15, 0.2) is 0 Å². The van der Waals surface area contributed by atoms with Gasteiger partial charge >= 0.3 is 5.97 Å². The topological polar surface area (TPSA) is 58.6 Å². The van der Waals surface area contributed by atoms with Crippen LogP contribution in [0.2, 0.25) is 0 Å². The number of hydrogen-bond donors (Lipinski definition) is 1. The van der Waals surface area contributed by atoms with E-state index in [1.165, 1.54) is 0 Å². The first-order valence-corrected chi connectivity index (χ1v) is 12.5. The van der Waals surface area contributed by atoms with E-state index in [4.69, 9.17) is 4.74 Å². The summed E-state index contributed by atoms with van der Waals surface area (Å²) < 4.78 is 5.86. The number of nitrogens with zero attached hydrogens (tertiary/aromatic N) is 1. The van der Waals surface area contributed by atoms with Crippen LogP contribution in [0.25, 0.3) is 0 Å². The number of esters is 1. The predicted molar refractivity (Wildman–Crippen MR) is 135 cm³/mol. The Balaban J connectivity index is 2.50. The molecule has 184 valence electrons. The molecule has 1 aromatic carbocycles. The lowest BCUT2D eigenvalue weighted by Gasteiger charge is -2.38. The highest BCUT2D eigenvalue weighted by molar-refractivity contribution is 5.77. The van der Waals surface area contributed by atoms with Gasteiger partial charge in [-0.25, -0.2) is 0 Å². The number of hydrogen-bond acceptors (Lipinski definition) is 4. The molecule has 2 rings (SSSR count). The molecule has 0 spiro atoms. The largest absolute Gasteiger partial charge is 0.459 e. The number of rotatable bonds is 10. The lowest BCUT2D eigenvalue weighted by Crippen LogP contribution is -2.54. The number of amides is 1. The van der Waals surface area contributed by atoms with Crippen molar-refractivity contribution in [2.75, 3.05) is 0 Å². The zero-order valence-electron chi connectivity index (χ0n) is 21.6. The highest BCUT2D eigenvalue weighted by Crippen LogP contribution is 2.38. The summed E-state index contributed by atoms with van der Waals surface area (Å²) >= 11 is 0. The Morgan fingerprint density at radius 2 is 1.82 bits per heavy atom. The Morgan fingerprint density at radius 3 is 2.33 bits per heavy atom. The van der Waals surface area contributed by atoms with Crippen molar-refractivity contribution in [3.8, 4) is 0 Å². The smallest absolute Gasteiger partial charge is 0.323 e. The fraction of sp³-hybridized carbons (Fsp3) is 0.643. The zero-order valence-corrected chi connectivity index (χ0v) is 21.6. The quantitative estimate of drug-likeness (QED) is 0.373. The van der Waals surface area contributed by atoms with E-state index >= 15 is 0 Å². The van der Waals surface area contributed by atoms with Gasteiger partial charge in [-0.15, -0.1) is 0 Å². The van der Waals surface area contributed by atoms with E-state index in [2.05, 4.69) is 48.3 Å². The van der Waals surface area contributed by atoms with Gasteiger partial charge in [-0.2, -0.15) is 0 Å². The molecule has 1 fully saturated rings. The van der Waals surface area contributed by atoms with Crippen molar-refractivity contribution in [2.24, 2.45) is 11.8 Å². The average molecular weight is 457 g/mol. The number of carbonyl (C=O) groups excluding carboxylic acids is 2. The molecule has 1 amide bonds. The number of allylic oxidation sites excluding steroid dienone is 1. The summed E-state index contributed by atoms with van der Waals surface area (Å²) in [6.07, 6.45) is 8.00. The minimum atomic E-state index is -0.545. The zero-order chi connectivity index (χ0) is 24.6. The van der Waals surface area contributed by atoms with Crippen LogP contribution in [0.1, 0.15) is 79.7 Å². The molecule has 4 atom stereocenters. The van der Waals surface area contributed by atoms with Crippen molar-refractivity contribution >= 4 is 11.9 Å². The minimum absolute atomic E-state index is 0.0171. The minimum Gasteiger partial charge on any atom is -0.459 e. The standard InChI is InChI=1S/C28H44N2O3/c1-8-14-23-18-25(27(32)33-28(5,6)7)30(19-22-15-12-11-13-16-22)26(23)24(29-20(4)31)17-21(9-2)10-3/h8,11-16,21,23-26H,9-10,17-19H2,1-7H3,(H,29,31)/t23-,24+,25+,26-/m1/s1. The van der Waals surface area contributed by atoms with Gasteiger partial charge in [-0.1, -0.05) is 69.2 Å². The number of ether oxygens (including phenoxy) is 1. The second kappa shape index (κ2) is 12.4. The molecule has 5 heteroatoms. The molecule has 1 N–H and O–H groups in total. The van der Waals surface area contributed by atoms with Crippen LogP contribution in [-0.4, -0.2) is 40.5 Å². The second-order valence-electron chi connectivity index (χ2n) is 10.3.